The number of piperidine rings is 1. The van der Waals surface area contributed by atoms with Gasteiger partial charge in [0.1, 0.15) is 0 Å². The Morgan fingerprint density at radius 2 is 1.70 bits per heavy atom. The highest BCUT2D eigenvalue weighted by atomic mass is 15.2. The van der Waals surface area contributed by atoms with E-state index in [1.54, 1.807) is 0 Å². The molecule has 0 aliphatic carbocycles. The van der Waals surface area contributed by atoms with Gasteiger partial charge in [0, 0.05) is 51.9 Å². The maximum Gasteiger partial charge on any atom is 0.0117 e. The van der Waals surface area contributed by atoms with E-state index >= 15 is 0 Å². The van der Waals surface area contributed by atoms with E-state index < -0.39 is 0 Å². The molecule has 0 atom stereocenters. The third kappa shape index (κ3) is 5.32. The monoisotopic (exact) mass is 282 g/mol. The molecule has 0 radical (unpaired) electrons. The number of nitrogens with one attached hydrogen (secondary N) is 1. The van der Waals surface area contributed by atoms with Gasteiger partial charge in [0.15, 0.2) is 0 Å². The molecule has 2 saturated heterocycles. The van der Waals surface area contributed by atoms with Crippen molar-refractivity contribution in [1.82, 2.24) is 20.0 Å². The number of likely N-dealkylation sites (tertiary alicyclic amines) is 1. The van der Waals surface area contributed by atoms with E-state index in [0.717, 1.165) is 25.0 Å². The third-order valence-electron chi connectivity index (χ3n) is 4.78. The van der Waals surface area contributed by atoms with Crippen LogP contribution in [0, 0.1) is 5.92 Å². The summed E-state index contributed by atoms with van der Waals surface area (Å²) in [7, 11) is 2.32. The number of nitrogens with zero attached hydrogens (tertiary/aromatic N) is 3. The zero-order valence-corrected chi connectivity index (χ0v) is 13.8. The summed E-state index contributed by atoms with van der Waals surface area (Å²) in [6.45, 7) is 15.8. The summed E-state index contributed by atoms with van der Waals surface area (Å²) in [6.07, 6.45) is 2.70. The van der Waals surface area contributed by atoms with E-state index in [0.29, 0.717) is 0 Å². The Bertz CT molecular complexity index is 255. The van der Waals surface area contributed by atoms with Crippen molar-refractivity contribution in [2.24, 2.45) is 5.92 Å². The molecule has 2 fully saturated rings. The van der Waals surface area contributed by atoms with Crippen molar-refractivity contribution in [2.45, 2.75) is 32.7 Å². The molecule has 0 bridgehead atoms. The Labute approximate surface area is 125 Å². The average Bonchev–Trinajstić information content (AvgIpc) is 2.46. The lowest BCUT2D eigenvalue weighted by atomic mass is 10.0. The number of rotatable bonds is 6. The van der Waals surface area contributed by atoms with Crippen LogP contribution < -0.4 is 5.32 Å². The molecule has 4 heteroatoms. The summed E-state index contributed by atoms with van der Waals surface area (Å²) in [4.78, 5) is 7.85. The van der Waals surface area contributed by atoms with Gasteiger partial charge in [0.25, 0.3) is 0 Å². The first-order chi connectivity index (χ1) is 9.65. The fraction of sp³-hybridized carbons (Fsp3) is 1.00. The SMILES string of the molecule is CC(C)CN1CCC(N(C)CCN2CCNCC2)CC1. The van der Waals surface area contributed by atoms with Gasteiger partial charge >= 0.3 is 0 Å². The Morgan fingerprint density at radius 1 is 1.05 bits per heavy atom. The largest absolute Gasteiger partial charge is 0.314 e. The molecule has 0 aromatic rings. The van der Waals surface area contributed by atoms with E-state index in [-0.39, 0.29) is 0 Å². The van der Waals surface area contributed by atoms with Crippen molar-refractivity contribution in [3.8, 4) is 0 Å². The molecule has 0 spiro atoms. The van der Waals surface area contributed by atoms with E-state index in [4.69, 9.17) is 0 Å². The quantitative estimate of drug-likeness (QED) is 0.783. The fourth-order valence-corrected chi connectivity index (χ4v) is 3.48. The molecule has 0 aromatic heterocycles. The number of hydrogen-bond acceptors (Lipinski definition) is 4. The van der Waals surface area contributed by atoms with Crippen LogP contribution in [0.25, 0.3) is 0 Å². The van der Waals surface area contributed by atoms with Gasteiger partial charge in [-0.05, 0) is 38.9 Å². The van der Waals surface area contributed by atoms with Gasteiger partial charge in [0.05, 0.1) is 0 Å². The highest BCUT2D eigenvalue weighted by Gasteiger charge is 2.23. The number of piperazine rings is 1. The van der Waals surface area contributed by atoms with Crippen molar-refractivity contribution in [1.29, 1.82) is 0 Å². The number of hydrogen-bond donors (Lipinski definition) is 1. The van der Waals surface area contributed by atoms with Gasteiger partial charge in [-0.3, -0.25) is 4.90 Å². The van der Waals surface area contributed by atoms with E-state index in [2.05, 4.69) is 40.9 Å². The van der Waals surface area contributed by atoms with Crippen molar-refractivity contribution < 1.29 is 0 Å². The maximum atomic E-state index is 3.43. The van der Waals surface area contributed by atoms with Crippen molar-refractivity contribution >= 4 is 0 Å². The molecular weight excluding hydrogens is 248 g/mol. The smallest absolute Gasteiger partial charge is 0.0117 e. The normalized spacial score (nSPS) is 23.9. The zero-order valence-electron chi connectivity index (χ0n) is 13.8. The van der Waals surface area contributed by atoms with Crippen molar-refractivity contribution in [3.63, 3.8) is 0 Å². The minimum absolute atomic E-state index is 0.803. The second-order valence-corrected chi connectivity index (χ2v) is 7.00. The minimum atomic E-state index is 0.803. The summed E-state index contributed by atoms with van der Waals surface area (Å²) >= 11 is 0. The molecule has 0 saturated carbocycles. The van der Waals surface area contributed by atoms with Crippen molar-refractivity contribution in [2.75, 3.05) is 66.0 Å². The first kappa shape index (κ1) is 16.2. The van der Waals surface area contributed by atoms with Crippen LogP contribution in [0.4, 0.5) is 0 Å². The second kappa shape index (κ2) is 8.32. The van der Waals surface area contributed by atoms with Crippen LogP contribution in [0.2, 0.25) is 0 Å². The Balaban J connectivity index is 1.62. The molecule has 2 heterocycles. The van der Waals surface area contributed by atoms with Gasteiger partial charge in [-0.25, -0.2) is 0 Å². The van der Waals surface area contributed by atoms with Gasteiger partial charge < -0.3 is 15.1 Å². The predicted molar refractivity (Wildman–Crippen MR) is 86.2 cm³/mol. The van der Waals surface area contributed by atoms with Crippen LogP contribution in [0.5, 0.6) is 0 Å². The molecular formula is C16H34N4. The summed E-state index contributed by atoms with van der Waals surface area (Å²) in [5.74, 6) is 0.803. The molecule has 2 aliphatic rings. The van der Waals surface area contributed by atoms with Crippen LogP contribution in [-0.2, 0) is 0 Å². The van der Waals surface area contributed by atoms with Crippen LogP contribution in [0.1, 0.15) is 26.7 Å². The first-order valence-electron chi connectivity index (χ1n) is 8.51. The fourth-order valence-electron chi connectivity index (χ4n) is 3.48. The first-order valence-corrected chi connectivity index (χ1v) is 8.51. The molecule has 4 nitrogen and oxygen atoms in total. The van der Waals surface area contributed by atoms with E-state index in [1.165, 1.54) is 58.7 Å². The number of likely N-dealkylation sites (N-methyl/N-ethyl adjacent to an activating group) is 1. The Morgan fingerprint density at radius 3 is 2.30 bits per heavy atom. The predicted octanol–water partition coefficient (Wildman–Crippen LogP) is 0.944. The van der Waals surface area contributed by atoms with Crippen LogP contribution in [0.15, 0.2) is 0 Å². The standard InChI is InChI=1S/C16H34N4/c1-15(2)14-20-8-4-16(5-9-20)18(3)12-13-19-10-6-17-7-11-19/h15-17H,4-14H2,1-3H3. The summed E-state index contributed by atoms with van der Waals surface area (Å²) in [5, 5.41) is 3.43. The molecule has 2 rings (SSSR count). The zero-order chi connectivity index (χ0) is 14.4. The minimum Gasteiger partial charge on any atom is -0.314 e. The van der Waals surface area contributed by atoms with Gasteiger partial charge in [-0.15, -0.1) is 0 Å². The van der Waals surface area contributed by atoms with E-state index in [1.807, 2.05) is 0 Å². The molecule has 0 aromatic carbocycles. The van der Waals surface area contributed by atoms with Crippen LogP contribution in [0.3, 0.4) is 0 Å². The topological polar surface area (TPSA) is 21.8 Å². The second-order valence-electron chi connectivity index (χ2n) is 7.00. The Kier molecular flexibility index (Phi) is 6.75. The molecule has 2 aliphatic heterocycles. The summed E-state index contributed by atoms with van der Waals surface area (Å²) in [6, 6.07) is 0.807. The highest BCUT2D eigenvalue weighted by molar-refractivity contribution is 4.79. The molecule has 1 N–H and O–H groups in total. The van der Waals surface area contributed by atoms with Crippen LogP contribution in [-0.4, -0.2) is 86.7 Å². The lowest BCUT2D eigenvalue weighted by molar-refractivity contribution is 0.107. The van der Waals surface area contributed by atoms with Gasteiger partial charge in [0.2, 0.25) is 0 Å². The molecule has 0 unspecified atom stereocenters. The van der Waals surface area contributed by atoms with Gasteiger partial charge in [-0.1, -0.05) is 13.8 Å². The molecule has 20 heavy (non-hydrogen) atoms. The molecule has 0 amide bonds. The highest BCUT2D eigenvalue weighted by Crippen LogP contribution is 2.16. The average molecular weight is 282 g/mol. The third-order valence-corrected chi connectivity index (χ3v) is 4.78. The summed E-state index contributed by atoms with van der Waals surface area (Å²) < 4.78 is 0. The molecule has 118 valence electrons. The van der Waals surface area contributed by atoms with E-state index in [9.17, 15) is 0 Å². The van der Waals surface area contributed by atoms with Gasteiger partial charge in [-0.2, -0.15) is 0 Å². The lowest BCUT2D eigenvalue weighted by Crippen LogP contribution is -2.49. The Hall–Kier alpha value is -0.160. The summed E-state index contributed by atoms with van der Waals surface area (Å²) in [5.41, 5.74) is 0. The van der Waals surface area contributed by atoms with Crippen LogP contribution >= 0.6 is 0 Å². The maximum absolute atomic E-state index is 3.43. The van der Waals surface area contributed by atoms with Crippen molar-refractivity contribution in [3.05, 3.63) is 0 Å². The lowest BCUT2D eigenvalue weighted by Gasteiger charge is -2.38.